The van der Waals surface area contributed by atoms with Crippen LogP contribution in [0.25, 0.3) is 0 Å². The van der Waals surface area contributed by atoms with Gasteiger partial charge in [-0.15, -0.1) is 5.10 Å². The first-order chi connectivity index (χ1) is 11.8. The van der Waals surface area contributed by atoms with Gasteiger partial charge in [-0.25, -0.2) is 4.79 Å². The Labute approximate surface area is 147 Å². The van der Waals surface area contributed by atoms with Crippen LogP contribution in [0.1, 0.15) is 46.4 Å². The number of ether oxygens (including phenoxy) is 2. The molecule has 6 heteroatoms. The highest BCUT2D eigenvalue weighted by atomic mass is 16.5. The van der Waals surface area contributed by atoms with Crippen LogP contribution in [0.5, 0.6) is 5.88 Å². The van der Waals surface area contributed by atoms with E-state index in [0.29, 0.717) is 11.5 Å². The van der Waals surface area contributed by atoms with Crippen LogP contribution in [0.15, 0.2) is 23.6 Å². The summed E-state index contributed by atoms with van der Waals surface area (Å²) in [5.74, 6) is -0.382. The lowest BCUT2D eigenvalue weighted by atomic mass is 9.79. The van der Waals surface area contributed by atoms with E-state index >= 15 is 0 Å². The number of aromatic nitrogens is 2. The van der Waals surface area contributed by atoms with E-state index in [1.807, 2.05) is 20.8 Å². The number of nitrogens with two attached hydrogens (primary N) is 1. The summed E-state index contributed by atoms with van der Waals surface area (Å²) in [5.41, 5.74) is 12.5. The maximum atomic E-state index is 12.7. The number of carbonyl (C=O) groups excluding carboxylic acids is 1. The molecule has 3 rings (SSSR count). The van der Waals surface area contributed by atoms with Crippen molar-refractivity contribution in [2.24, 2.45) is 5.73 Å². The first-order valence-electron chi connectivity index (χ1n) is 8.32. The van der Waals surface area contributed by atoms with Gasteiger partial charge >= 0.3 is 5.97 Å². The van der Waals surface area contributed by atoms with Crippen molar-refractivity contribution >= 4 is 5.97 Å². The van der Waals surface area contributed by atoms with Crippen LogP contribution in [0.2, 0.25) is 0 Å². The second-order valence-electron chi connectivity index (χ2n) is 6.41. The van der Waals surface area contributed by atoms with Crippen molar-refractivity contribution in [3.05, 3.63) is 57.1 Å². The number of hydrogen-bond donors (Lipinski definition) is 2. The van der Waals surface area contributed by atoms with E-state index in [0.717, 1.165) is 27.9 Å². The van der Waals surface area contributed by atoms with Crippen LogP contribution in [0.4, 0.5) is 0 Å². The van der Waals surface area contributed by atoms with E-state index in [2.05, 4.69) is 29.3 Å². The Bertz CT molecular complexity index is 857. The van der Waals surface area contributed by atoms with Gasteiger partial charge < -0.3 is 15.2 Å². The number of nitrogens with one attached hydrogen (secondary N) is 1. The molecule has 1 unspecified atom stereocenters. The highest BCUT2D eigenvalue weighted by molar-refractivity contribution is 5.93. The first-order valence-corrected chi connectivity index (χ1v) is 8.32. The molecular weight excluding hydrogens is 318 g/mol. The van der Waals surface area contributed by atoms with Crippen LogP contribution >= 0.6 is 0 Å². The molecule has 0 amide bonds. The number of fused-ring (bicyclic) bond motifs is 1. The molecule has 25 heavy (non-hydrogen) atoms. The van der Waals surface area contributed by atoms with Crippen molar-refractivity contribution in [3.8, 4) is 5.88 Å². The number of esters is 1. The Hall–Kier alpha value is -2.76. The van der Waals surface area contributed by atoms with E-state index in [1.165, 1.54) is 5.56 Å². The molecule has 132 valence electrons. The van der Waals surface area contributed by atoms with Crippen LogP contribution in [0.3, 0.4) is 0 Å². The highest BCUT2D eigenvalue weighted by Crippen LogP contribution is 2.45. The summed E-state index contributed by atoms with van der Waals surface area (Å²) in [6.07, 6.45) is 0. The smallest absolute Gasteiger partial charge is 0.340 e. The van der Waals surface area contributed by atoms with Gasteiger partial charge in [-0.2, -0.15) is 0 Å². The molecule has 1 atom stereocenters. The zero-order chi connectivity index (χ0) is 18.3. The fourth-order valence-electron chi connectivity index (χ4n) is 3.64. The van der Waals surface area contributed by atoms with Gasteiger partial charge in [0.15, 0.2) is 0 Å². The molecule has 3 N–H and O–H groups in total. The molecule has 0 spiro atoms. The number of benzene rings is 1. The van der Waals surface area contributed by atoms with Crippen molar-refractivity contribution in [2.75, 3.05) is 6.61 Å². The van der Waals surface area contributed by atoms with E-state index in [4.69, 9.17) is 15.2 Å². The molecule has 2 aromatic rings. The Kier molecular flexibility index (Phi) is 4.29. The summed E-state index contributed by atoms with van der Waals surface area (Å²) in [6.45, 7) is 10.1. The van der Waals surface area contributed by atoms with Crippen LogP contribution < -0.4 is 10.5 Å². The summed E-state index contributed by atoms with van der Waals surface area (Å²) < 4.78 is 10.9. The molecule has 0 fully saturated rings. The lowest BCUT2D eigenvalue weighted by molar-refractivity contribution is -0.139. The normalized spacial score (nSPS) is 16.4. The van der Waals surface area contributed by atoms with E-state index in [9.17, 15) is 4.79 Å². The zero-order valence-electron chi connectivity index (χ0n) is 15.2. The quantitative estimate of drug-likeness (QED) is 0.838. The molecule has 1 aliphatic heterocycles. The van der Waals surface area contributed by atoms with Gasteiger partial charge in [-0.05, 0) is 51.3 Å². The minimum absolute atomic E-state index is 0.0434. The lowest BCUT2D eigenvalue weighted by Crippen LogP contribution is -2.28. The zero-order valence-corrected chi connectivity index (χ0v) is 15.2. The van der Waals surface area contributed by atoms with Crippen molar-refractivity contribution in [1.29, 1.82) is 0 Å². The van der Waals surface area contributed by atoms with Crippen molar-refractivity contribution in [1.82, 2.24) is 10.2 Å². The van der Waals surface area contributed by atoms with Gasteiger partial charge in [0.05, 0.1) is 12.5 Å². The first kappa shape index (κ1) is 17.1. The Morgan fingerprint density at radius 1 is 1.24 bits per heavy atom. The van der Waals surface area contributed by atoms with Crippen molar-refractivity contribution in [3.63, 3.8) is 0 Å². The van der Waals surface area contributed by atoms with Crippen LogP contribution in [-0.2, 0) is 9.53 Å². The summed E-state index contributed by atoms with van der Waals surface area (Å²) in [6, 6.07) is 4.21. The number of rotatable bonds is 3. The van der Waals surface area contributed by atoms with Gasteiger partial charge in [0.1, 0.15) is 5.57 Å². The average Bonchev–Trinajstić information content (AvgIpc) is 2.87. The topological polar surface area (TPSA) is 90.2 Å². The largest absolute Gasteiger partial charge is 0.462 e. The minimum atomic E-state index is -0.462. The van der Waals surface area contributed by atoms with Crippen LogP contribution in [0, 0.1) is 27.7 Å². The predicted molar refractivity (Wildman–Crippen MR) is 94.3 cm³/mol. The second kappa shape index (κ2) is 6.27. The molecule has 1 aromatic carbocycles. The molecule has 0 saturated carbocycles. The number of aromatic amines is 1. The number of carbonyl (C=O) groups is 1. The van der Waals surface area contributed by atoms with Gasteiger partial charge in [-0.3, -0.25) is 5.10 Å². The summed E-state index contributed by atoms with van der Waals surface area (Å²) in [4.78, 5) is 12.7. The van der Waals surface area contributed by atoms with E-state index < -0.39 is 5.97 Å². The second-order valence-corrected chi connectivity index (χ2v) is 6.41. The summed E-state index contributed by atoms with van der Waals surface area (Å²) in [5, 5.41) is 7.12. The highest BCUT2D eigenvalue weighted by Gasteiger charge is 2.39. The SMILES string of the molecule is CCOC(=O)C1=C(N)Oc2n[nH]c(C)c2C1c1c(C)cc(C)cc1C. The fourth-order valence-corrected chi connectivity index (χ4v) is 3.64. The molecule has 2 heterocycles. The van der Waals surface area contributed by atoms with Gasteiger partial charge in [0.25, 0.3) is 0 Å². The summed E-state index contributed by atoms with van der Waals surface area (Å²) in [7, 11) is 0. The molecular formula is C19H23N3O3. The molecule has 0 saturated heterocycles. The maximum Gasteiger partial charge on any atom is 0.340 e. The maximum absolute atomic E-state index is 12.7. The number of nitrogens with zero attached hydrogens (tertiary/aromatic N) is 1. The Morgan fingerprint density at radius 3 is 2.48 bits per heavy atom. The third-order valence-electron chi connectivity index (χ3n) is 4.53. The molecule has 0 aliphatic carbocycles. The third-order valence-corrected chi connectivity index (χ3v) is 4.53. The van der Waals surface area contributed by atoms with Gasteiger partial charge in [-0.1, -0.05) is 17.7 Å². The van der Waals surface area contributed by atoms with E-state index in [-0.39, 0.29) is 18.4 Å². The molecule has 1 aromatic heterocycles. The van der Waals surface area contributed by atoms with Crippen molar-refractivity contribution < 1.29 is 14.3 Å². The number of H-pyrrole nitrogens is 1. The number of hydrogen-bond acceptors (Lipinski definition) is 5. The third kappa shape index (κ3) is 2.77. The van der Waals surface area contributed by atoms with Gasteiger partial charge in [0, 0.05) is 11.3 Å². The minimum Gasteiger partial charge on any atom is -0.462 e. The molecule has 0 bridgehead atoms. The lowest BCUT2D eigenvalue weighted by Gasteiger charge is -2.28. The predicted octanol–water partition coefficient (Wildman–Crippen LogP) is 2.90. The standard InChI is InChI=1S/C19H23N3O3/c1-6-24-19(23)16-15(13-10(3)7-9(2)8-11(13)4)14-12(5)21-22-18(14)25-17(16)20/h7-8,15H,6,20H2,1-5H3,(H,21,22). The average molecular weight is 341 g/mol. The Balaban J connectivity index is 2.29. The Morgan fingerprint density at radius 2 is 1.88 bits per heavy atom. The van der Waals surface area contributed by atoms with Crippen molar-refractivity contribution in [2.45, 2.75) is 40.5 Å². The summed E-state index contributed by atoms with van der Waals surface area (Å²) >= 11 is 0. The molecule has 0 radical (unpaired) electrons. The molecule has 6 nitrogen and oxygen atoms in total. The fraction of sp³-hybridized carbons (Fsp3) is 0.368. The van der Waals surface area contributed by atoms with E-state index in [1.54, 1.807) is 6.92 Å². The monoisotopic (exact) mass is 341 g/mol. The van der Waals surface area contributed by atoms with Crippen LogP contribution in [-0.4, -0.2) is 22.8 Å². The van der Waals surface area contributed by atoms with Gasteiger partial charge in [0.2, 0.25) is 11.8 Å². The number of aryl methyl sites for hydroxylation is 4. The molecule has 1 aliphatic rings.